The summed E-state index contributed by atoms with van der Waals surface area (Å²) in [4.78, 5) is 28.0. The Bertz CT molecular complexity index is 1370. The first-order valence-corrected chi connectivity index (χ1v) is 14.3. The Balaban J connectivity index is 2.07. The monoisotopic (exact) mass is 605 g/mol. The molecule has 0 radical (unpaired) electrons. The molecule has 0 aliphatic carbocycles. The van der Waals surface area contributed by atoms with E-state index < -0.39 is 28.5 Å². The van der Waals surface area contributed by atoms with Crippen molar-refractivity contribution in [1.29, 1.82) is 0 Å². The van der Waals surface area contributed by atoms with Crippen LogP contribution in [0.15, 0.2) is 82.2 Å². The highest BCUT2D eigenvalue weighted by molar-refractivity contribution is 9.10. The topological polar surface area (TPSA) is 86.8 Å². The molecule has 0 spiro atoms. The Hall–Kier alpha value is -2.88. The summed E-state index contributed by atoms with van der Waals surface area (Å²) in [6, 6.07) is 19.4. The summed E-state index contributed by atoms with van der Waals surface area (Å²) in [5, 5.41) is 3.12. The number of rotatable bonds is 10. The minimum Gasteiger partial charge on any atom is -0.355 e. The fourth-order valence-electron chi connectivity index (χ4n) is 3.84. The zero-order valence-corrected chi connectivity index (χ0v) is 24.0. The molecule has 0 heterocycles. The van der Waals surface area contributed by atoms with Crippen LogP contribution in [0.3, 0.4) is 0 Å². The minimum atomic E-state index is -4.14. The predicted octanol–water partition coefficient (Wildman–Crippen LogP) is 5.16. The van der Waals surface area contributed by atoms with Crippen molar-refractivity contribution < 1.29 is 18.0 Å². The van der Waals surface area contributed by atoms with Crippen molar-refractivity contribution in [3.05, 3.63) is 93.4 Å². The molecule has 1 N–H and O–H groups in total. The highest BCUT2D eigenvalue weighted by atomic mass is 79.9. The maximum atomic E-state index is 13.8. The number of sulfonamides is 1. The molecule has 0 fully saturated rings. The van der Waals surface area contributed by atoms with Crippen LogP contribution in [0.1, 0.15) is 25.0 Å². The molecule has 7 nitrogen and oxygen atoms in total. The van der Waals surface area contributed by atoms with Gasteiger partial charge in [0, 0.05) is 22.6 Å². The number of nitrogens with one attached hydrogen (secondary N) is 1. The zero-order valence-electron chi connectivity index (χ0n) is 20.8. The van der Waals surface area contributed by atoms with Crippen molar-refractivity contribution in [2.24, 2.45) is 0 Å². The van der Waals surface area contributed by atoms with E-state index in [-0.39, 0.29) is 23.0 Å². The van der Waals surface area contributed by atoms with Crippen molar-refractivity contribution in [3.8, 4) is 0 Å². The molecule has 0 aromatic heterocycles. The molecular formula is C27H29BrClN3O4S. The summed E-state index contributed by atoms with van der Waals surface area (Å²) < 4.78 is 29.5. The van der Waals surface area contributed by atoms with Crippen molar-refractivity contribution in [2.45, 2.75) is 38.3 Å². The first-order valence-electron chi connectivity index (χ1n) is 11.7. The molecule has 10 heteroatoms. The van der Waals surface area contributed by atoms with E-state index in [0.717, 1.165) is 14.3 Å². The Kier molecular flexibility index (Phi) is 9.75. The van der Waals surface area contributed by atoms with Crippen molar-refractivity contribution in [1.82, 2.24) is 10.2 Å². The first kappa shape index (κ1) is 28.7. The van der Waals surface area contributed by atoms with Gasteiger partial charge in [-0.15, -0.1) is 0 Å². The Morgan fingerprint density at radius 3 is 2.35 bits per heavy atom. The third-order valence-electron chi connectivity index (χ3n) is 5.88. The number of hydrogen-bond donors (Lipinski definition) is 1. The number of anilines is 1. The SMILES string of the molecule is CCNC(=O)C(C)N(Cc1cccc(Br)c1)C(=O)CN(c1cccc(Cl)c1C)S(=O)(=O)c1ccccc1. The fraction of sp³-hybridized carbons (Fsp3) is 0.259. The van der Waals surface area contributed by atoms with Gasteiger partial charge in [-0.25, -0.2) is 8.42 Å². The average Bonchev–Trinajstić information content (AvgIpc) is 2.88. The number of carbonyl (C=O) groups is 2. The molecule has 1 unspecified atom stereocenters. The van der Waals surface area contributed by atoms with Crippen molar-refractivity contribution in [3.63, 3.8) is 0 Å². The van der Waals surface area contributed by atoms with Crippen molar-refractivity contribution >= 4 is 55.1 Å². The molecule has 3 aromatic carbocycles. The molecule has 0 bridgehead atoms. The van der Waals surface area contributed by atoms with E-state index in [1.807, 2.05) is 24.3 Å². The summed E-state index contributed by atoms with van der Waals surface area (Å²) in [6.07, 6.45) is 0. The summed E-state index contributed by atoms with van der Waals surface area (Å²) in [5.41, 5.74) is 1.60. The van der Waals surface area contributed by atoms with Gasteiger partial charge in [-0.2, -0.15) is 0 Å². The highest BCUT2D eigenvalue weighted by Crippen LogP contribution is 2.31. The van der Waals surface area contributed by atoms with Gasteiger partial charge in [0.1, 0.15) is 12.6 Å². The van der Waals surface area contributed by atoms with Crippen LogP contribution in [0.5, 0.6) is 0 Å². The molecule has 0 aliphatic rings. The van der Waals surface area contributed by atoms with Gasteiger partial charge in [-0.1, -0.05) is 63.9 Å². The number of hydrogen-bond acceptors (Lipinski definition) is 4. The lowest BCUT2D eigenvalue weighted by Crippen LogP contribution is -2.51. The molecular weight excluding hydrogens is 578 g/mol. The lowest BCUT2D eigenvalue weighted by Gasteiger charge is -2.32. The van der Waals surface area contributed by atoms with Crippen LogP contribution in [0.2, 0.25) is 5.02 Å². The molecule has 0 saturated carbocycles. The van der Waals surface area contributed by atoms with Crippen LogP contribution < -0.4 is 9.62 Å². The second-order valence-corrected chi connectivity index (χ2v) is 11.6. The molecule has 3 aromatic rings. The maximum absolute atomic E-state index is 13.8. The Morgan fingerprint density at radius 2 is 1.70 bits per heavy atom. The van der Waals surface area contributed by atoms with E-state index in [4.69, 9.17) is 11.6 Å². The van der Waals surface area contributed by atoms with Gasteiger partial charge in [-0.05, 0) is 68.3 Å². The van der Waals surface area contributed by atoms with Gasteiger partial charge in [0.15, 0.2) is 0 Å². The van der Waals surface area contributed by atoms with Gasteiger partial charge in [0.25, 0.3) is 10.0 Å². The maximum Gasteiger partial charge on any atom is 0.264 e. The number of amides is 2. The second kappa shape index (κ2) is 12.6. The number of likely N-dealkylation sites (N-methyl/N-ethyl adjacent to an activating group) is 1. The van der Waals surface area contributed by atoms with E-state index in [1.165, 1.54) is 17.0 Å². The number of carbonyl (C=O) groups excluding carboxylic acids is 2. The zero-order chi connectivity index (χ0) is 27.2. The minimum absolute atomic E-state index is 0.0393. The van der Waals surface area contributed by atoms with Crippen LogP contribution in [-0.4, -0.2) is 44.3 Å². The largest absolute Gasteiger partial charge is 0.355 e. The number of nitrogens with zero attached hydrogens (tertiary/aromatic N) is 2. The summed E-state index contributed by atoms with van der Waals surface area (Å²) in [7, 11) is -4.14. The molecule has 2 amide bonds. The standard InChI is InChI=1S/C27H29BrClN3O4S/c1-4-30-27(34)20(3)31(17-21-10-8-11-22(28)16-21)26(33)18-32(25-15-9-14-24(29)19(25)2)37(35,36)23-12-6-5-7-13-23/h5-16,20H,4,17-18H2,1-3H3,(H,30,34). The second-order valence-electron chi connectivity index (χ2n) is 8.43. The Labute approximate surface area is 231 Å². The molecule has 37 heavy (non-hydrogen) atoms. The van der Waals surface area contributed by atoms with E-state index in [9.17, 15) is 18.0 Å². The van der Waals surface area contributed by atoms with Crippen LogP contribution in [0.4, 0.5) is 5.69 Å². The quantitative estimate of drug-likeness (QED) is 0.346. The summed E-state index contributed by atoms with van der Waals surface area (Å²) >= 11 is 9.76. The fourth-order valence-corrected chi connectivity index (χ4v) is 5.94. The van der Waals surface area contributed by atoms with Crippen LogP contribution in [0.25, 0.3) is 0 Å². The lowest BCUT2D eigenvalue weighted by molar-refractivity contribution is -0.139. The smallest absolute Gasteiger partial charge is 0.264 e. The molecule has 196 valence electrons. The van der Waals surface area contributed by atoms with E-state index in [0.29, 0.717) is 17.1 Å². The molecule has 0 aliphatic heterocycles. The normalized spacial score (nSPS) is 12.0. The van der Waals surface area contributed by atoms with E-state index in [2.05, 4.69) is 21.2 Å². The first-order chi connectivity index (χ1) is 17.6. The predicted molar refractivity (Wildman–Crippen MR) is 150 cm³/mol. The Morgan fingerprint density at radius 1 is 1.03 bits per heavy atom. The third-order valence-corrected chi connectivity index (χ3v) is 8.55. The molecule has 1 atom stereocenters. The number of benzene rings is 3. The van der Waals surface area contributed by atoms with Gasteiger partial charge < -0.3 is 10.2 Å². The molecule has 3 rings (SSSR count). The number of halogens is 2. The van der Waals surface area contributed by atoms with E-state index >= 15 is 0 Å². The van der Waals surface area contributed by atoms with Crippen LogP contribution >= 0.6 is 27.5 Å². The lowest BCUT2D eigenvalue weighted by atomic mass is 10.1. The third kappa shape index (κ3) is 6.91. The van der Waals surface area contributed by atoms with E-state index in [1.54, 1.807) is 57.2 Å². The van der Waals surface area contributed by atoms with Gasteiger partial charge in [0.2, 0.25) is 11.8 Å². The van der Waals surface area contributed by atoms with Crippen LogP contribution in [0, 0.1) is 6.92 Å². The van der Waals surface area contributed by atoms with Gasteiger partial charge in [0.05, 0.1) is 10.6 Å². The highest BCUT2D eigenvalue weighted by Gasteiger charge is 2.33. The van der Waals surface area contributed by atoms with Gasteiger partial charge in [-0.3, -0.25) is 13.9 Å². The molecule has 0 saturated heterocycles. The summed E-state index contributed by atoms with van der Waals surface area (Å²) in [6.45, 7) is 5.12. The average molecular weight is 607 g/mol. The van der Waals surface area contributed by atoms with Crippen LogP contribution in [-0.2, 0) is 26.2 Å². The summed E-state index contributed by atoms with van der Waals surface area (Å²) in [5.74, 6) is -0.861. The van der Waals surface area contributed by atoms with Gasteiger partial charge >= 0.3 is 0 Å². The van der Waals surface area contributed by atoms with Crippen molar-refractivity contribution in [2.75, 3.05) is 17.4 Å².